The zero-order chi connectivity index (χ0) is 12.6. The standard InChI is InChI=1S/C12H8F4O/c13-8-3-1-6(5-9(8)14)7-2-4-10(17)12(16)11(7)15/h2,4-5,17H,1,3H2. The van der Waals surface area contributed by atoms with Crippen molar-refractivity contribution in [2.24, 2.45) is 0 Å². The molecule has 0 bridgehead atoms. The van der Waals surface area contributed by atoms with E-state index >= 15 is 0 Å². The van der Waals surface area contributed by atoms with Crippen LogP contribution in [0.1, 0.15) is 18.4 Å². The van der Waals surface area contributed by atoms with Gasteiger partial charge in [0, 0.05) is 12.0 Å². The third kappa shape index (κ3) is 2.05. The van der Waals surface area contributed by atoms with E-state index < -0.39 is 29.0 Å². The van der Waals surface area contributed by atoms with Gasteiger partial charge in [0.2, 0.25) is 5.82 Å². The Labute approximate surface area is 94.7 Å². The molecular weight excluding hydrogens is 236 g/mol. The van der Waals surface area contributed by atoms with Gasteiger partial charge in [-0.15, -0.1) is 0 Å². The molecule has 0 aromatic heterocycles. The molecule has 0 fully saturated rings. The van der Waals surface area contributed by atoms with Crippen molar-refractivity contribution in [2.75, 3.05) is 0 Å². The van der Waals surface area contributed by atoms with E-state index in [1.807, 2.05) is 0 Å². The topological polar surface area (TPSA) is 20.2 Å². The van der Waals surface area contributed by atoms with E-state index in [0.29, 0.717) is 0 Å². The molecule has 1 aliphatic rings. The second kappa shape index (κ2) is 4.24. The summed E-state index contributed by atoms with van der Waals surface area (Å²) in [6.45, 7) is 0. The molecule has 0 saturated carbocycles. The van der Waals surface area contributed by atoms with Crippen LogP contribution in [0, 0.1) is 11.6 Å². The lowest BCUT2D eigenvalue weighted by atomic mass is 9.96. The molecule has 2 rings (SSSR count). The maximum Gasteiger partial charge on any atom is 0.200 e. The van der Waals surface area contributed by atoms with Crippen LogP contribution in [0.4, 0.5) is 17.6 Å². The smallest absolute Gasteiger partial charge is 0.200 e. The first-order valence-electron chi connectivity index (χ1n) is 4.92. The van der Waals surface area contributed by atoms with Crippen molar-refractivity contribution >= 4 is 5.57 Å². The van der Waals surface area contributed by atoms with Gasteiger partial charge < -0.3 is 5.11 Å². The predicted octanol–water partition coefficient (Wildman–Crippen LogP) is 4.00. The Bertz CT molecular complexity index is 532. The largest absolute Gasteiger partial charge is 0.505 e. The monoisotopic (exact) mass is 244 g/mol. The molecule has 1 aromatic rings. The van der Waals surface area contributed by atoms with Crippen molar-refractivity contribution in [3.05, 3.63) is 47.1 Å². The number of phenols is 1. The van der Waals surface area contributed by atoms with Crippen LogP contribution in [0.5, 0.6) is 5.75 Å². The van der Waals surface area contributed by atoms with Gasteiger partial charge in [0.15, 0.2) is 17.4 Å². The molecule has 0 spiro atoms. The van der Waals surface area contributed by atoms with Crippen molar-refractivity contribution < 1.29 is 22.7 Å². The SMILES string of the molecule is Oc1ccc(C2=CC(F)=C(F)CC2)c(F)c1F. The quantitative estimate of drug-likeness (QED) is 0.740. The van der Waals surface area contributed by atoms with E-state index in [-0.39, 0.29) is 24.0 Å². The number of allylic oxidation sites excluding steroid dienone is 4. The maximum atomic E-state index is 13.5. The van der Waals surface area contributed by atoms with E-state index in [1.54, 1.807) is 0 Å². The third-order valence-electron chi connectivity index (χ3n) is 2.58. The van der Waals surface area contributed by atoms with Crippen LogP contribution in [0.15, 0.2) is 29.9 Å². The summed E-state index contributed by atoms with van der Waals surface area (Å²) in [7, 11) is 0. The second-order valence-corrected chi connectivity index (χ2v) is 3.68. The van der Waals surface area contributed by atoms with Crippen molar-refractivity contribution in [1.29, 1.82) is 0 Å². The highest BCUT2D eigenvalue weighted by Crippen LogP contribution is 2.34. The zero-order valence-electron chi connectivity index (χ0n) is 8.61. The fraction of sp³-hybridized carbons (Fsp3) is 0.167. The number of benzene rings is 1. The molecule has 17 heavy (non-hydrogen) atoms. The van der Waals surface area contributed by atoms with Crippen molar-refractivity contribution in [3.8, 4) is 5.75 Å². The van der Waals surface area contributed by atoms with Crippen LogP contribution in [0.3, 0.4) is 0 Å². The summed E-state index contributed by atoms with van der Waals surface area (Å²) >= 11 is 0. The summed E-state index contributed by atoms with van der Waals surface area (Å²) in [5.74, 6) is -5.43. The lowest BCUT2D eigenvalue weighted by Gasteiger charge is -2.13. The van der Waals surface area contributed by atoms with Gasteiger partial charge in [-0.3, -0.25) is 0 Å². The molecule has 1 aliphatic carbocycles. The molecule has 0 saturated heterocycles. The number of hydrogen-bond donors (Lipinski definition) is 1. The highest BCUT2D eigenvalue weighted by molar-refractivity contribution is 5.70. The van der Waals surface area contributed by atoms with Crippen molar-refractivity contribution in [2.45, 2.75) is 12.8 Å². The Balaban J connectivity index is 2.50. The molecule has 0 unspecified atom stereocenters. The van der Waals surface area contributed by atoms with Gasteiger partial charge in [-0.05, 0) is 30.2 Å². The highest BCUT2D eigenvalue weighted by Gasteiger charge is 2.20. The number of halogens is 4. The van der Waals surface area contributed by atoms with Crippen molar-refractivity contribution in [1.82, 2.24) is 0 Å². The van der Waals surface area contributed by atoms with Crippen LogP contribution < -0.4 is 0 Å². The zero-order valence-corrected chi connectivity index (χ0v) is 8.61. The molecule has 5 heteroatoms. The first-order chi connectivity index (χ1) is 8.00. The highest BCUT2D eigenvalue weighted by atomic mass is 19.2. The Hall–Kier alpha value is -1.78. The Kier molecular flexibility index (Phi) is 2.92. The van der Waals surface area contributed by atoms with E-state index in [4.69, 9.17) is 5.11 Å². The number of phenolic OH excluding ortho intramolecular Hbond substituents is 1. The Morgan fingerprint density at radius 1 is 0.941 bits per heavy atom. The lowest BCUT2D eigenvalue weighted by molar-refractivity contribution is 0.406. The summed E-state index contributed by atoms with van der Waals surface area (Å²) in [6, 6.07) is 2.11. The molecule has 0 heterocycles. The van der Waals surface area contributed by atoms with E-state index in [0.717, 1.165) is 18.2 Å². The van der Waals surface area contributed by atoms with E-state index in [1.165, 1.54) is 0 Å². The summed E-state index contributed by atoms with van der Waals surface area (Å²) in [6.07, 6.45) is 0.744. The summed E-state index contributed by atoms with van der Waals surface area (Å²) in [4.78, 5) is 0. The average Bonchev–Trinajstić information content (AvgIpc) is 2.30. The molecule has 0 radical (unpaired) electrons. The molecule has 0 aliphatic heterocycles. The minimum Gasteiger partial charge on any atom is -0.505 e. The maximum absolute atomic E-state index is 13.5. The van der Waals surface area contributed by atoms with Gasteiger partial charge in [0.05, 0.1) is 0 Å². The van der Waals surface area contributed by atoms with Crippen molar-refractivity contribution in [3.63, 3.8) is 0 Å². The Morgan fingerprint density at radius 3 is 2.29 bits per heavy atom. The first-order valence-corrected chi connectivity index (χ1v) is 4.92. The van der Waals surface area contributed by atoms with Gasteiger partial charge >= 0.3 is 0 Å². The van der Waals surface area contributed by atoms with Gasteiger partial charge in [0.1, 0.15) is 5.83 Å². The number of hydrogen-bond acceptors (Lipinski definition) is 1. The Morgan fingerprint density at radius 2 is 1.65 bits per heavy atom. The first kappa shape index (κ1) is 11.7. The van der Waals surface area contributed by atoms with Crippen LogP contribution in [0.2, 0.25) is 0 Å². The van der Waals surface area contributed by atoms with Gasteiger partial charge in [-0.25, -0.2) is 13.2 Å². The fourth-order valence-electron chi connectivity index (χ4n) is 1.67. The lowest BCUT2D eigenvalue weighted by Crippen LogP contribution is -1.98. The third-order valence-corrected chi connectivity index (χ3v) is 2.58. The van der Waals surface area contributed by atoms with Crippen LogP contribution in [0.25, 0.3) is 5.57 Å². The van der Waals surface area contributed by atoms with E-state index in [9.17, 15) is 17.6 Å². The van der Waals surface area contributed by atoms with Gasteiger partial charge in [-0.1, -0.05) is 0 Å². The summed E-state index contributed by atoms with van der Waals surface area (Å²) in [5, 5.41) is 8.94. The molecule has 1 nitrogen and oxygen atoms in total. The molecule has 0 amide bonds. The van der Waals surface area contributed by atoms with E-state index in [2.05, 4.69) is 0 Å². The minimum atomic E-state index is -1.39. The normalized spacial score (nSPS) is 16.1. The van der Waals surface area contributed by atoms with Gasteiger partial charge in [0.25, 0.3) is 0 Å². The van der Waals surface area contributed by atoms with Crippen LogP contribution >= 0.6 is 0 Å². The molecule has 0 atom stereocenters. The number of rotatable bonds is 1. The molecule has 90 valence electrons. The fourth-order valence-corrected chi connectivity index (χ4v) is 1.67. The van der Waals surface area contributed by atoms with Gasteiger partial charge in [-0.2, -0.15) is 4.39 Å². The molecule has 1 aromatic carbocycles. The van der Waals surface area contributed by atoms with Crippen LogP contribution in [-0.4, -0.2) is 5.11 Å². The predicted molar refractivity (Wildman–Crippen MR) is 54.5 cm³/mol. The molecule has 1 N–H and O–H groups in total. The average molecular weight is 244 g/mol. The number of aromatic hydroxyl groups is 1. The van der Waals surface area contributed by atoms with Crippen LogP contribution in [-0.2, 0) is 0 Å². The summed E-state index contributed by atoms with van der Waals surface area (Å²) < 4.78 is 52.3. The molecular formula is C12H8F4O. The second-order valence-electron chi connectivity index (χ2n) is 3.68. The summed E-state index contributed by atoms with van der Waals surface area (Å²) in [5.41, 5.74) is 0.00301. The minimum absolute atomic E-state index is 0.0837.